The topological polar surface area (TPSA) is 29.3 Å². The van der Waals surface area contributed by atoms with Crippen LogP contribution in [0.4, 0.5) is 5.82 Å². The summed E-state index contributed by atoms with van der Waals surface area (Å²) in [6.45, 7) is 0. The Morgan fingerprint density at radius 2 is 2.18 bits per heavy atom. The first kappa shape index (κ1) is 10.9. The van der Waals surface area contributed by atoms with E-state index in [0.29, 0.717) is 6.04 Å². The number of fused-ring (bicyclic) bond motifs is 1. The molecule has 4 heteroatoms. The summed E-state index contributed by atoms with van der Waals surface area (Å²) in [5, 5.41) is 3.79. The lowest BCUT2D eigenvalue weighted by Gasteiger charge is -2.28. The number of anilines is 1. The Morgan fingerprint density at radius 3 is 3.06 bits per heavy atom. The van der Waals surface area contributed by atoms with Gasteiger partial charge in [-0.3, -0.25) is 4.40 Å². The molecule has 2 atom stereocenters. The lowest BCUT2D eigenvalue weighted by molar-refractivity contribution is 0.468. The zero-order valence-corrected chi connectivity index (χ0v) is 10.4. The standard InChI is InChI=1S/C13H16ClN3/c14-10-4-1-2-5-11(10)16-13-7-3-6-12-15-8-9-17(12)13/h3,6-11,16H,1-2,4-5H2. The van der Waals surface area contributed by atoms with Gasteiger partial charge in [-0.1, -0.05) is 18.9 Å². The van der Waals surface area contributed by atoms with Crippen molar-refractivity contribution in [2.45, 2.75) is 37.1 Å². The van der Waals surface area contributed by atoms with Gasteiger partial charge in [-0.15, -0.1) is 11.6 Å². The van der Waals surface area contributed by atoms with Gasteiger partial charge in [0.15, 0.2) is 0 Å². The molecule has 3 nitrogen and oxygen atoms in total. The fourth-order valence-corrected chi connectivity index (χ4v) is 2.85. The Bertz CT molecular complexity index is 508. The van der Waals surface area contributed by atoms with Crippen LogP contribution in [0, 0.1) is 0 Å². The van der Waals surface area contributed by atoms with E-state index in [1.165, 1.54) is 12.8 Å². The number of alkyl halides is 1. The minimum Gasteiger partial charge on any atom is -0.367 e. The summed E-state index contributed by atoms with van der Waals surface area (Å²) < 4.78 is 2.07. The van der Waals surface area contributed by atoms with Gasteiger partial charge in [-0.2, -0.15) is 0 Å². The zero-order chi connectivity index (χ0) is 11.7. The molecule has 0 bridgehead atoms. The fourth-order valence-electron chi connectivity index (χ4n) is 2.50. The highest BCUT2D eigenvalue weighted by Gasteiger charge is 2.23. The second-order valence-corrected chi connectivity index (χ2v) is 5.18. The molecule has 0 aromatic carbocycles. The van der Waals surface area contributed by atoms with Crippen LogP contribution >= 0.6 is 11.6 Å². The number of pyridine rings is 1. The quantitative estimate of drug-likeness (QED) is 0.828. The molecular formula is C13H16ClN3. The predicted octanol–water partition coefficient (Wildman–Crippen LogP) is 3.30. The van der Waals surface area contributed by atoms with Crippen molar-refractivity contribution < 1.29 is 0 Å². The molecule has 1 saturated carbocycles. The Balaban J connectivity index is 1.86. The van der Waals surface area contributed by atoms with Crippen LogP contribution in [0.2, 0.25) is 0 Å². The molecule has 0 aliphatic heterocycles. The number of nitrogens with one attached hydrogen (secondary N) is 1. The molecule has 3 rings (SSSR count). The van der Waals surface area contributed by atoms with Crippen molar-refractivity contribution in [2.75, 3.05) is 5.32 Å². The van der Waals surface area contributed by atoms with E-state index in [4.69, 9.17) is 11.6 Å². The summed E-state index contributed by atoms with van der Waals surface area (Å²) in [7, 11) is 0. The van der Waals surface area contributed by atoms with Crippen LogP contribution in [0.25, 0.3) is 5.65 Å². The van der Waals surface area contributed by atoms with Crippen LogP contribution in [0.3, 0.4) is 0 Å². The molecule has 0 amide bonds. The molecular weight excluding hydrogens is 234 g/mol. The lowest BCUT2D eigenvalue weighted by atomic mass is 9.95. The number of aromatic nitrogens is 2. The Morgan fingerprint density at radius 1 is 1.29 bits per heavy atom. The van der Waals surface area contributed by atoms with Gasteiger partial charge in [0.25, 0.3) is 0 Å². The van der Waals surface area contributed by atoms with Gasteiger partial charge < -0.3 is 5.32 Å². The molecule has 1 aliphatic carbocycles. The molecule has 2 heterocycles. The molecule has 1 aliphatic rings. The van der Waals surface area contributed by atoms with Crippen molar-refractivity contribution in [3.63, 3.8) is 0 Å². The van der Waals surface area contributed by atoms with Gasteiger partial charge >= 0.3 is 0 Å². The van der Waals surface area contributed by atoms with Crippen LogP contribution in [-0.4, -0.2) is 20.8 Å². The molecule has 1 fully saturated rings. The average molecular weight is 250 g/mol. The monoisotopic (exact) mass is 249 g/mol. The van der Waals surface area contributed by atoms with Crippen molar-refractivity contribution >= 4 is 23.1 Å². The number of imidazole rings is 1. The van der Waals surface area contributed by atoms with Crippen molar-refractivity contribution in [1.82, 2.24) is 9.38 Å². The van der Waals surface area contributed by atoms with Gasteiger partial charge in [0.05, 0.1) is 5.38 Å². The second-order valence-electron chi connectivity index (χ2n) is 4.62. The summed E-state index contributed by atoms with van der Waals surface area (Å²) in [5.41, 5.74) is 0.969. The molecule has 17 heavy (non-hydrogen) atoms. The van der Waals surface area contributed by atoms with Crippen molar-refractivity contribution in [1.29, 1.82) is 0 Å². The fraction of sp³-hybridized carbons (Fsp3) is 0.462. The third-order valence-corrected chi connectivity index (χ3v) is 3.97. The smallest absolute Gasteiger partial charge is 0.138 e. The van der Waals surface area contributed by atoms with E-state index in [2.05, 4.69) is 20.8 Å². The summed E-state index contributed by atoms with van der Waals surface area (Å²) in [5.74, 6) is 1.08. The summed E-state index contributed by atoms with van der Waals surface area (Å²) in [4.78, 5) is 4.28. The third kappa shape index (κ3) is 2.12. The summed E-state index contributed by atoms with van der Waals surface area (Å²) in [6, 6.07) is 6.48. The van der Waals surface area contributed by atoms with Crippen molar-refractivity contribution in [3.8, 4) is 0 Å². The number of halogens is 1. The van der Waals surface area contributed by atoms with Crippen LogP contribution < -0.4 is 5.32 Å². The maximum Gasteiger partial charge on any atom is 0.138 e. The molecule has 2 aromatic rings. The first-order valence-corrected chi connectivity index (χ1v) is 6.61. The summed E-state index contributed by atoms with van der Waals surface area (Å²) in [6.07, 6.45) is 8.57. The molecule has 2 unspecified atom stereocenters. The van der Waals surface area contributed by atoms with E-state index in [-0.39, 0.29) is 5.38 Å². The van der Waals surface area contributed by atoms with Gasteiger partial charge in [-0.25, -0.2) is 4.98 Å². The number of nitrogens with zero attached hydrogens (tertiary/aromatic N) is 2. The van der Waals surface area contributed by atoms with Gasteiger partial charge in [0, 0.05) is 18.4 Å². The zero-order valence-electron chi connectivity index (χ0n) is 9.64. The van der Waals surface area contributed by atoms with Gasteiger partial charge in [0.2, 0.25) is 0 Å². The summed E-state index contributed by atoms with van der Waals surface area (Å²) >= 11 is 6.37. The Kier molecular flexibility index (Phi) is 2.93. The lowest BCUT2D eigenvalue weighted by Crippen LogP contribution is -2.33. The van der Waals surface area contributed by atoms with E-state index in [1.807, 2.05) is 24.5 Å². The van der Waals surface area contributed by atoms with E-state index in [9.17, 15) is 0 Å². The highest BCUT2D eigenvalue weighted by atomic mass is 35.5. The first-order chi connectivity index (χ1) is 8.34. The van der Waals surface area contributed by atoms with Gasteiger partial charge in [-0.05, 0) is 25.0 Å². The first-order valence-electron chi connectivity index (χ1n) is 6.17. The van der Waals surface area contributed by atoms with E-state index < -0.39 is 0 Å². The van der Waals surface area contributed by atoms with Crippen LogP contribution in [0.1, 0.15) is 25.7 Å². The highest BCUT2D eigenvalue weighted by Crippen LogP contribution is 2.26. The highest BCUT2D eigenvalue weighted by molar-refractivity contribution is 6.21. The number of rotatable bonds is 2. The van der Waals surface area contributed by atoms with Crippen LogP contribution in [0.15, 0.2) is 30.6 Å². The van der Waals surface area contributed by atoms with E-state index in [0.717, 1.165) is 24.3 Å². The maximum atomic E-state index is 6.37. The minimum absolute atomic E-state index is 0.238. The molecule has 0 radical (unpaired) electrons. The SMILES string of the molecule is ClC1CCCCC1Nc1cccc2nccn12. The Labute approximate surface area is 106 Å². The third-order valence-electron chi connectivity index (χ3n) is 3.44. The molecule has 0 saturated heterocycles. The molecule has 1 N–H and O–H groups in total. The van der Waals surface area contributed by atoms with Crippen LogP contribution in [0.5, 0.6) is 0 Å². The number of hydrogen-bond donors (Lipinski definition) is 1. The largest absolute Gasteiger partial charge is 0.367 e. The Hall–Kier alpha value is -1.22. The minimum atomic E-state index is 0.238. The predicted molar refractivity (Wildman–Crippen MR) is 70.7 cm³/mol. The molecule has 2 aromatic heterocycles. The van der Waals surface area contributed by atoms with Crippen molar-refractivity contribution in [2.24, 2.45) is 0 Å². The second kappa shape index (κ2) is 4.57. The molecule has 90 valence electrons. The van der Waals surface area contributed by atoms with E-state index in [1.54, 1.807) is 0 Å². The molecule has 0 spiro atoms. The van der Waals surface area contributed by atoms with Gasteiger partial charge in [0.1, 0.15) is 11.5 Å². The maximum absolute atomic E-state index is 6.37. The van der Waals surface area contributed by atoms with Crippen LogP contribution in [-0.2, 0) is 0 Å². The van der Waals surface area contributed by atoms with Crippen molar-refractivity contribution in [3.05, 3.63) is 30.6 Å². The normalized spacial score (nSPS) is 25.0. The average Bonchev–Trinajstić information content (AvgIpc) is 2.81. The number of hydrogen-bond acceptors (Lipinski definition) is 2. The van der Waals surface area contributed by atoms with E-state index >= 15 is 0 Å².